The third kappa shape index (κ3) is 5.61. The van der Waals surface area contributed by atoms with Gasteiger partial charge in [-0.05, 0) is 65.1 Å². The summed E-state index contributed by atoms with van der Waals surface area (Å²) >= 11 is 0. The molecule has 1 unspecified atom stereocenters. The van der Waals surface area contributed by atoms with Crippen LogP contribution in [0.4, 0.5) is 32.3 Å². The molecular formula is C28H21F6N5O. The van der Waals surface area contributed by atoms with Crippen LogP contribution in [0.2, 0.25) is 0 Å². The molecule has 206 valence electrons. The molecule has 1 aliphatic heterocycles. The van der Waals surface area contributed by atoms with Crippen LogP contribution in [0, 0.1) is 0 Å². The molecule has 0 saturated carbocycles. The minimum absolute atomic E-state index is 0.0381. The number of halogens is 6. The zero-order valence-electron chi connectivity index (χ0n) is 20.7. The van der Waals surface area contributed by atoms with Crippen molar-refractivity contribution < 1.29 is 31.1 Å². The zero-order valence-corrected chi connectivity index (χ0v) is 20.7. The van der Waals surface area contributed by atoms with Crippen molar-refractivity contribution in [2.75, 3.05) is 18.8 Å². The van der Waals surface area contributed by atoms with Crippen LogP contribution in [0.1, 0.15) is 39.4 Å². The molecule has 4 aromatic rings. The van der Waals surface area contributed by atoms with Crippen molar-refractivity contribution in [1.29, 1.82) is 0 Å². The molecule has 40 heavy (non-hydrogen) atoms. The third-order valence-corrected chi connectivity index (χ3v) is 6.78. The number of hydrogen-bond donors (Lipinski definition) is 1. The Hall–Kier alpha value is -4.48. The average molecular weight is 557 g/mol. The van der Waals surface area contributed by atoms with Gasteiger partial charge in [0.2, 0.25) is 5.95 Å². The van der Waals surface area contributed by atoms with Gasteiger partial charge < -0.3 is 10.6 Å². The molecule has 3 heterocycles. The lowest BCUT2D eigenvalue weighted by Crippen LogP contribution is -2.28. The lowest BCUT2D eigenvalue weighted by atomic mass is 9.91. The number of hydrogen-bond acceptors (Lipinski definition) is 5. The summed E-state index contributed by atoms with van der Waals surface area (Å²) in [4.78, 5) is 27.0. The Kier molecular flexibility index (Phi) is 6.94. The second kappa shape index (κ2) is 10.2. The maximum absolute atomic E-state index is 13.6. The number of alkyl halides is 6. The van der Waals surface area contributed by atoms with Gasteiger partial charge in [0.1, 0.15) is 0 Å². The van der Waals surface area contributed by atoms with Crippen LogP contribution in [0.3, 0.4) is 0 Å². The number of aromatic nitrogens is 3. The Balaban J connectivity index is 1.58. The number of anilines is 1. The molecule has 0 bridgehead atoms. The van der Waals surface area contributed by atoms with Gasteiger partial charge in [-0.2, -0.15) is 26.3 Å². The van der Waals surface area contributed by atoms with E-state index in [1.807, 2.05) is 12.1 Å². The quantitative estimate of drug-likeness (QED) is 0.292. The van der Waals surface area contributed by atoms with Gasteiger partial charge in [-0.1, -0.05) is 12.1 Å². The molecule has 2 N–H and O–H groups in total. The van der Waals surface area contributed by atoms with Gasteiger partial charge in [0.25, 0.3) is 5.91 Å². The van der Waals surface area contributed by atoms with Crippen molar-refractivity contribution in [2.45, 2.75) is 24.7 Å². The van der Waals surface area contributed by atoms with E-state index in [1.165, 1.54) is 30.6 Å². The number of amides is 1. The molecule has 1 amide bonds. The number of rotatable bonds is 4. The van der Waals surface area contributed by atoms with Crippen molar-refractivity contribution in [2.24, 2.45) is 0 Å². The summed E-state index contributed by atoms with van der Waals surface area (Å²) in [6.45, 7) is 0.915. The van der Waals surface area contributed by atoms with Crippen molar-refractivity contribution in [3.8, 4) is 22.3 Å². The van der Waals surface area contributed by atoms with Gasteiger partial charge in [-0.3, -0.25) is 9.78 Å². The lowest BCUT2D eigenvalue weighted by molar-refractivity contribution is -0.143. The van der Waals surface area contributed by atoms with Crippen LogP contribution >= 0.6 is 0 Å². The van der Waals surface area contributed by atoms with E-state index in [1.54, 1.807) is 17.3 Å². The minimum Gasteiger partial charge on any atom is -0.368 e. The highest BCUT2D eigenvalue weighted by molar-refractivity contribution is 5.98. The molecule has 6 nitrogen and oxygen atoms in total. The standard InChI is InChI=1S/C28H21F6N5O/c29-27(30,31)21-8-19(9-22(11-21)28(32,33)34)23-4-3-16(10-24(23)20-13-37-26(35)38-14-20)25(40)39-7-5-18(15-39)17-2-1-6-36-12-17/h1-4,6,8-14,18H,5,7,15H2,(H2,35,37,38). The molecule has 0 spiro atoms. The molecule has 1 aliphatic rings. The van der Waals surface area contributed by atoms with Crippen molar-refractivity contribution in [3.63, 3.8) is 0 Å². The van der Waals surface area contributed by atoms with Gasteiger partial charge in [-0.25, -0.2) is 9.97 Å². The second-order valence-corrected chi connectivity index (χ2v) is 9.41. The summed E-state index contributed by atoms with van der Waals surface area (Å²) in [6, 6.07) is 9.27. The number of carbonyl (C=O) groups is 1. The predicted octanol–water partition coefficient (Wildman–Crippen LogP) is 6.46. The highest BCUT2D eigenvalue weighted by Crippen LogP contribution is 2.41. The van der Waals surface area contributed by atoms with E-state index in [-0.39, 0.29) is 51.7 Å². The van der Waals surface area contributed by atoms with Crippen LogP contribution < -0.4 is 5.73 Å². The maximum atomic E-state index is 13.6. The van der Waals surface area contributed by atoms with Gasteiger partial charge in [0, 0.05) is 54.9 Å². The fourth-order valence-electron chi connectivity index (χ4n) is 4.77. The van der Waals surface area contributed by atoms with E-state index < -0.39 is 23.5 Å². The Morgan fingerprint density at radius 3 is 2.12 bits per heavy atom. The lowest BCUT2D eigenvalue weighted by Gasteiger charge is -2.19. The summed E-state index contributed by atoms with van der Waals surface area (Å²) in [5.74, 6) is -0.308. The first kappa shape index (κ1) is 27.1. The molecule has 2 aromatic carbocycles. The van der Waals surface area contributed by atoms with E-state index >= 15 is 0 Å². The van der Waals surface area contributed by atoms with Crippen LogP contribution in [-0.2, 0) is 12.4 Å². The topological polar surface area (TPSA) is 85.0 Å². The molecule has 1 saturated heterocycles. The summed E-state index contributed by atoms with van der Waals surface area (Å²) in [5.41, 5.74) is 4.04. The second-order valence-electron chi connectivity index (χ2n) is 9.41. The molecule has 1 fully saturated rings. The van der Waals surface area contributed by atoms with Gasteiger partial charge in [0.15, 0.2) is 0 Å². The third-order valence-electron chi connectivity index (χ3n) is 6.78. The van der Waals surface area contributed by atoms with E-state index in [9.17, 15) is 31.1 Å². The van der Waals surface area contributed by atoms with Crippen LogP contribution in [-0.4, -0.2) is 38.8 Å². The maximum Gasteiger partial charge on any atom is 0.416 e. The van der Waals surface area contributed by atoms with E-state index in [0.717, 1.165) is 12.0 Å². The molecule has 5 rings (SSSR count). The first-order chi connectivity index (χ1) is 18.9. The number of benzene rings is 2. The molecule has 12 heteroatoms. The number of pyridine rings is 1. The smallest absolute Gasteiger partial charge is 0.368 e. The van der Waals surface area contributed by atoms with Crippen LogP contribution in [0.5, 0.6) is 0 Å². The predicted molar refractivity (Wildman–Crippen MR) is 135 cm³/mol. The van der Waals surface area contributed by atoms with Crippen molar-refractivity contribution >= 4 is 11.9 Å². The number of nitrogens with two attached hydrogens (primary N) is 1. The van der Waals surface area contributed by atoms with Gasteiger partial charge in [-0.15, -0.1) is 0 Å². The minimum atomic E-state index is -5.02. The fourth-order valence-corrected chi connectivity index (χ4v) is 4.77. The van der Waals surface area contributed by atoms with Crippen molar-refractivity contribution in [3.05, 3.63) is 95.6 Å². The van der Waals surface area contributed by atoms with Gasteiger partial charge >= 0.3 is 12.4 Å². The van der Waals surface area contributed by atoms with Gasteiger partial charge in [0.05, 0.1) is 11.1 Å². The summed E-state index contributed by atoms with van der Waals surface area (Å²) in [6.07, 6.45) is -3.32. The molecule has 2 aromatic heterocycles. The van der Waals surface area contributed by atoms with E-state index in [4.69, 9.17) is 5.73 Å². The highest BCUT2D eigenvalue weighted by atomic mass is 19.4. The normalized spacial score (nSPS) is 15.8. The molecule has 0 radical (unpaired) electrons. The summed E-state index contributed by atoms with van der Waals surface area (Å²) in [7, 11) is 0. The number of nitrogens with zero attached hydrogens (tertiary/aromatic N) is 4. The fraction of sp³-hybridized carbons (Fsp3) is 0.214. The Labute approximate surface area is 224 Å². The van der Waals surface area contributed by atoms with Crippen molar-refractivity contribution in [1.82, 2.24) is 19.9 Å². The average Bonchev–Trinajstić information content (AvgIpc) is 3.42. The largest absolute Gasteiger partial charge is 0.416 e. The molecule has 1 atom stereocenters. The molecular weight excluding hydrogens is 536 g/mol. The SMILES string of the molecule is Nc1ncc(-c2cc(C(=O)N3CCC(c4cccnc4)C3)ccc2-c2cc(C(F)(F)F)cc(C(F)(F)F)c2)cn1. The number of likely N-dealkylation sites (tertiary alicyclic amines) is 1. The number of carbonyl (C=O) groups excluding carboxylic acids is 1. The molecule has 0 aliphatic carbocycles. The van der Waals surface area contributed by atoms with E-state index in [0.29, 0.717) is 25.2 Å². The Morgan fingerprint density at radius 2 is 1.52 bits per heavy atom. The summed E-state index contributed by atoms with van der Waals surface area (Å²) in [5, 5.41) is 0. The van der Waals surface area contributed by atoms with E-state index in [2.05, 4.69) is 15.0 Å². The summed E-state index contributed by atoms with van der Waals surface area (Å²) < 4.78 is 81.4. The van der Waals surface area contributed by atoms with Crippen LogP contribution in [0.25, 0.3) is 22.3 Å². The monoisotopic (exact) mass is 557 g/mol. The Bertz CT molecular complexity index is 1510. The Morgan fingerprint density at radius 1 is 0.850 bits per heavy atom. The highest BCUT2D eigenvalue weighted by Gasteiger charge is 2.37. The first-order valence-corrected chi connectivity index (χ1v) is 12.1. The first-order valence-electron chi connectivity index (χ1n) is 12.1. The zero-order chi connectivity index (χ0) is 28.7. The number of nitrogen functional groups attached to an aromatic ring is 1. The van der Waals surface area contributed by atoms with Crippen LogP contribution in [0.15, 0.2) is 73.3 Å².